The molecular formula is C16H24N2O5S. The van der Waals surface area contributed by atoms with Gasteiger partial charge in [-0.25, -0.2) is 12.7 Å². The van der Waals surface area contributed by atoms with Gasteiger partial charge in [-0.1, -0.05) is 0 Å². The molecule has 0 aromatic heterocycles. The molecule has 0 aliphatic carbocycles. The van der Waals surface area contributed by atoms with Crippen LogP contribution in [-0.2, 0) is 21.4 Å². The van der Waals surface area contributed by atoms with Crippen LogP contribution in [0.4, 0.5) is 0 Å². The monoisotopic (exact) mass is 356 g/mol. The van der Waals surface area contributed by atoms with E-state index in [4.69, 9.17) is 9.47 Å². The summed E-state index contributed by atoms with van der Waals surface area (Å²) in [5.74, 6) is 1.13. The van der Waals surface area contributed by atoms with E-state index in [-0.39, 0.29) is 11.8 Å². The molecule has 8 heteroatoms. The molecule has 0 unspecified atom stereocenters. The average molecular weight is 356 g/mol. The minimum atomic E-state index is -3.17. The summed E-state index contributed by atoms with van der Waals surface area (Å²) in [4.78, 5) is 12.3. The highest BCUT2D eigenvalue weighted by Gasteiger charge is 2.28. The van der Waals surface area contributed by atoms with Crippen LogP contribution in [0.25, 0.3) is 0 Å². The van der Waals surface area contributed by atoms with Gasteiger partial charge in [-0.3, -0.25) is 4.79 Å². The van der Waals surface area contributed by atoms with Crippen molar-refractivity contribution in [1.29, 1.82) is 0 Å². The number of methoxy groups -OCH3 is 2. The molecule has 134 valence electrons. The zero-order valence-corrected chi connectivity index (χ0v) is 15.1. The summed E-state index contributed by atoms with van der Waals surface area (Å²) < 4.78 is 34.8. The number of amides is 1. The first-order valence-corrected chi connectivity index (χ1v) is 9.63. The van der Waals surface area contributed by atoms with Crippen LogP contribution in [0.3, 0.4) is 0 Å². The molecule has 2 rings (SSSR count). The standard InChI is InChI=1S/C16H24N2O5S/c1-22-14-8-12(9-15(10-14)23-2)11-17-16(19)13-4-6-18(7-5-13)24(3,20)21/h8-10,13H,4-7,11H2,1-3H3,(H,17,19). The number of nitrogens with zero attached hydrogens (tertiary/aromatic N) is 1. The molecule has 7 nitrogen and oxygen atoms in total. The normalized spacial score (nSPS) is 16.6. The lowest BCUT2D eigenvalue weighted by molar-refractivity contribution is -0.126. The molecule has 0 saturated carbocycles. The third kappa shape index (κ3) is 4.85. The molecule has 0 radical (unpaired) electrons. The molecule has 1 fully saturated rings. The maximum Gasteiger partial charge on any atom is 0.223 e. The van der Waals surface area contributed by atoms with E-state index >= 15 is 0 Å². The van der Waals surface area contributed by atoms with Gasteiger partial charge >= 0.3 is 0 Å². The lowest BCUT2D eigenvalue weighted by Crippen LogP contribution is -2.42. The third-order valence-electron chi connectivity index (χ3n) is 4.17. The van der Waals surface area contributed by atoms with Gasteiger partial charge in [0.05, 0.1) is 20.5 Å². The number of ether oxygens (including phenoxy) is 2. The first kappa shape index (κ1) is 18.5. The van der Waals surface area contributed by atoms with Gasteiger partial charge in [0.25, 0.3) is 0 Å². The molecular weight excluding hydrogens is 332 g/mol. The topological polar surface area (TPSA) is 84.9 Å². The minimum absolute atomic E-state index is 0.0510. The van der Waals surface area contributed by atoms with Crippen molar-refractivity contribution < 1.29 is 22.7 Å². The van der Waals surface area contributed by atoms with E-state index in [9.17, 15) is 13.2 Å². The summed E-state index contributed by atoms with van der Waals surface area (Å²) in [5.41, 5.74) is 0.883. The second-order valence-electron chi connectivity index (χ2n) is 5.88. The fraction of sp³-hybridized carbons (Fsp3) is 0.562. The quantitative estimate of drug-likeness (QED) is 0.822. The van der Waals surface area contributed by atoms with Gasteiger partial charge in [0.15, 0.2) is 0 Å². The number of carbonyl (C=O) groups excluding carboxylic acids is 1. The van der Waals surface area contributed by atoms with Crippen molar-refractivity contribution in [2.45, 2.75) is 19.4 Å². The summed E-state index contributed by atoms with van der Waals surface area (Å²) in [6, 6.07) is 5.45. The number of nitrogens with one attached hydrogen (secondary N) is 1. The molecule has 0 bridgehead atoms. The highest BCUT2D eigenvalue weighted by atomic mass is 32.2. The van der Waals surface area contributed by atoms with Crippen molar-refractivity contribution in [2.24, 2.45) is 5.92 Å². The summed E-state index contributed by atoms with van der Waals surface area (Å²) in [6.45, 7) is 1.16. The fourth-order valence-electron chi connectivity index (χ4n) is 2.75. The Bertz CT molecular complexity index is 659. The van der Waals surface area contributed by atoms with Gasteiger partial charge in [0.1, 0.15) is 11.5 Å². The SMILES string of the molecule is COc1cc(CNC(=O)C2CCN(S(C)(=O)=O)CC2)cc(OC)c1. The van der Waals surface area contributed by atoms with Crippen molar-refractivity contribution in [3.8, 4) is 11.5 Å². The zero-order chi connectivity index (χ0) is 17.7. The van der Waals surface area contributed by atoms with Gasteiger partial charge in [-0.2, -0.15) is 0 Å². The Hall–Kier alpha value is -1.80. The van der Waals surface area contributed by atoms with Crippen LogP contribution < -0.4 is 14.8 Å². The van der Waals surface area contributed by atoms with E-state index in [2.05, 4.69) is 5.32 Å². The molecule has 1 aromatic carbocycles. The van der Waals surface area contributed by atoms with Crippen LogP contribution in [0, 0.1) is 5.92 Å². The van der Waals surface area contributed by atoms with Crippen LogP contribution in [0.5, 0.6) is 11.5 Å². The fourth-order valence-corrected chi connectivity index (χ4v) is 3.63. The van der Waals surface area contributed by atoms with Crippen molar-refractivity contribution in [2.75, 3.05) is 33.6 Å². The van der Waals surface area contributed by atoms with Gasteiger partial charge in [0, 0.05) is 31.6 Å². The summed E-state index contributed by atoms with van der Waals surface area (Å²) in [7, 11) is -0.0197. The molecule has 1 aromatic rings. The van der Waals surface area contributed by atoms with Gasteiger partial charge < -0.3 is 14.8 Å². The Morgan fingerprint density at radius 1 is 1.17 bits per heavy atom. The Morgan fingerprint density at radius 3 is 2.17 bits per heavy atom. The minimum Gasteiger partial charge on any atom is -0.497 e. The second-order valence-corrected chi connectivity index (χ2v) is 7.86. The van der Waals surface area contributed by atoms with Crippen LogP contribution in [0.1, 0.15) is 18.4 Å². The van der Waals surface area contributed by atoms with Crippen molar-refractivity contribution in [3.63, 3.8) is 0 Å². The zero-order valence-electron chi connectivity index (χ0n) is 14.2. The molecule has 1 amide bonds. The summed E-state index contributed by atoms with van der Waals surface area (Å²) in [5, 5.41) is 2.91. The Kier molecular flexibility index (Phi) is 6.06. The highest BCUT2D eigenvalue weighted by Crippen LogP contribution is 2.23. The molecule has 0 spiro atoms. The van der Waals surface area contributed by atoms with Crippen molar-refractivity contribution >= 4 is 15.9 Å². The van der Waals surface area contributed by atoms with E-state index < -0.39 is 10.0 Å². The van der Waals surface area contributed by atoms with E-state index in [0.29, 0.717) is 44.0 Å². The number of hydrogen-bond acceptors (Lipinski definition) is 5. The van der Waals surface area contributed by atoms with Crippen LogP contribution in [-0.4, -0.2) is 52.2 Å². The van der Waals surface area contributed by atoms with Crippen molar-refractivity contribution in [1.82, 2.24) is 9.62 Å². The first-order valence-electron chi connectivity index (χ1n) is 7.78. The van der Waals surface area contributed by atoms with Crippen LogP contribution in [0.2, 0.25) is 0 Å². The highest BCUT2D eigenvalue weighted by molar-refractivity contribution is 7.88. The summed E-state index contributed by atoms with van der Waals surface area (Å²) in [6.07, 6.45) is 2.28. The molecule has 24 heavy (non-hydrogen) atoms. The lowest BCUT2D eigenvalue weighted by atomic mass is 9.97. The lowest BCUT2D eigenvalue weighted by Gasteiger charge is -2.29. The van der Waals surface area contributed by atoms with E-state index in [1.165, 1.54) is 10.6 Å². The first-order chi connectivity index (χ1) is 11.3. The molecule has 1 heterocycles. The molecule has 1 aliphatic heterocycles. The maximum absolute atomic E-state index is 12.3. The number of rotatable bonds is 6. The van der Waals surface area contributed by atoms with Gasteiger partial charge in [-0.05, 0) is 30.5 Å². The summed E-state index contributed by atoms with van der Waals surface area (Å²) >= 11 is 0. The Labute approximate surface area is 143 Å². The van der Waals surface area contributed by atoms with Gasteiger partial charge in [-0.15, -0.1) is 0 Å². The largest absolute Gasteiger partial charge is 0.497 e. The van der Waals surface area contributed by atoms with Crippen molar-refractivity contribution in [3.05, 3.63) is 23.8 Å². The van der Waals surface area contributed by atoms with Gasteiger partial charge in [0.2, 0.25) is 15.9 Å². The van der Waals surface area contributed by atoms with E-state index in [1.807, 2.05) is 12.1 Å². The number of carbonyl (C=O) groups is 1. The van der Waals surface area contributed by atoms with Crippen LogP contribution in [0.15, 0.2) is 18.2 Å². The third-order valence-corrected chi connectivity index (χ3v) is 5.47. The molecule has 1 N–H and O–H groups in total. The number of piperidine rings is 1. The van der Waals surface area contributed by atoms with Crippen LogP contribution >= 0.6 is 0 Å². The molecule has 1 aliphatic rings. The Morgan fingerprint density at radius 2 is 1.71 bits per heavy atom. The molecule has 0 atom stereocenters. The predicted octanol–water partition coefficient (Wildman–Crippen LogP) is 0.992. The number of sulfonamides is 1. The predicted molar refractivity (Wildman–Crippen MR) is 90.5 cm³/mol. The number of benzene rings is 1. The van der Waals surface area contributed by atoms with E-state index in [1.54, 1.807) is 20.3 Å². The molecule has 1 saturated heterocycles. The smallest absolute Gasteiger partial charge is 0.223 e. The average Bonchev–Trinajstić information content (AvgIpc) is 2.58. The van der Waals surface area contributed by atoms with E-state index in [0.717, 1.165) is 5.56 Å². The maximum atomic E-state index is 12.3. The Balaban J connectivity index is 1.90. The number of hydrogen-bond donors (Lipinski definition) is 1. The second kappa shape index (κ2) is 7.85.